The van der Waals surface area contributed by atoms with Crippen LogP contribution in [0.5, 0.6) is 5.75 Å². The fraction of sp³-hybridized carbons (Fsp3) is 0.286. The summed E-state index contributed by atoms with van der Waals surface area (Å²) >= 11 is 6.25. The third kappa shape index (κ3) is 2.36. The molecular weight excluding hydrogens is 264 g/mol. The van der Waals surface area contributed by atoms with Crippen LogP contribution in [0.1, 0.15) is 35.8 Å². The van der Waals surface area contributed by atoms with Crippen molar-refractivity contribution < 1.29 is 9.53 Å². The summed E-state index contributed by atoms with van der Waals surface area (Å²) in [6, 6.07) is 7.40. The topological polar surface area (TPSA) is 44.1 Å². The third-order valence-electron chi connectivity index (χ3n) is 2.87. The van der Waals surface area contributed by atoms with Crippen LogP contribution in [0.2, 0.25) is 5.15 Å². The predicted octanol–water partition coefficient (Wildman–Crippen LogP) is 3.47. The molecule has 0 spiro atoms. The number of carbonyl (C=O) groups excluding carboxylic acids is 1. The Labute approximate surface area is 116 Å². The van der Waals surface area contributed by atoms with Crippen molar-refractivity contribution in [3.8, 4) is 11.4 Å². The average molecular weight is 279 g/mol. The van der Waals surface area contributed by atoms with E-state index >= 15 is 0 Å². The van der Waals surface area contributed by atoms with E-state index in [1.54, 1.807) is 11.8 Å². The van der Waals surface area contributed by atoms with Crippen molar-refractivity contribution in [1.82, 2.24) is 9.78 Å². The summed E-state index contributed by atoms with van der Waals surface area (Å²) in [5.41, 5.74) is 1.83. The van der Waals surface area contributed by atoms with Crippen LogP contribution in [0.4, 0.5) is 0 Å². The van der Waals surface area contributed by atoms with E-state index in [1.807, 2.05) is 38.1 Å². The SMILES string of the molecule is COc1ccccc1-n1nc(C(C)C)c(C=O)c1Cl. The van der Waals surface area contributed by atoms with E-state index in [-0.39, 0.29) is 5.92 Å². The summed E-state index contributed by atoms with van der Waals surface area (Å²) in [6.45, 7) is 3.94. The molecule has 0 fully saturated rings. The van der Waals surface area contributed by atoms with Crippen LogP contribution < -0.4 is 4.74 Å². The first-order valence-electron chi connectivity index (χ1n) is 5.97. The van der Waals surface area contributed by atoms with Crippen LogP contribution in [0.15, 0.2) is 24.3 Å². The van der Waals surface area contributed by atoms with Gasteiger partial charge in [-0.15, -0.1) is 0 Å². The molecule has 19 heavy (non-hydrogen) atoms. The Balaban J connectivity index is 2.66. The van der Waals surface area contributed by atoms with Crippen molar-refractivity contribution in [3.05, 3.63) is 40.7 Å². The average Bonchev–Trinajstić information content (AvgIpc) is 2.75. The molecule has 0 N–H and O–H groups in total. The number of aldehydes is 1. The molecule has 0 saturated heterocycles. The fourth-order valence-electron chi connectivity index (χ4n) is 1.93. The van der Waals surface area contributed by atoms with Gasteiger partial charge in [0.15, 0.2) is 6.29 Å². The number of hydrogen-bond donors (Lipinski definition) is 0. The smallest absolute Gasteiger partial charge is 0.155 e. The Morgan fingerprint density at radius 3 is 2.58 bits per heavy atom. The second-order valence-electron chi connectivity index (χ2n) is 4.45. The van der Waals surface area contributed by atoms with Crippen LogP contribution in [-0.4, -0.2) is 23.2 Å². The first-order chi connectivity index (χ1) is 9.10. The molecule has 1 aromatic heterocycles. The molecule has 1 aromatic carbocycles. The van der Waals surface area contributed by atoms with Gasteiger partial charge in [-0.25, -0.2) is 4.68 Å². The largest absolute Gasteiger partial charge is 0.494 e. The minimum absolute atomic E-state index is 0.119. The summed E-state index contributed by atoms with van der Waals surface area (Å²) in [5.74, 6) is 0.772. The van der Waals surface area contributed by atoms with Gasteiger partial charge in [-0.05, 0) is 18.1 Å². The Bertz CT molecular complexity index is 605. The van der Waals surface area contributed by atoms with Gasteiger partial charge in [-0.2, -0.15) is 5.10 Å². The fourth-order valence-corrected chi connectivity index (χ4v) is 2.20. The van der Waals surface area contributed by atoms with Crippen molar-refractivity contribution >= 4 is 17.9 Å². The molecule has 100 valence electrons. The molecule has 0 aliphatic rings. The Morgan fingerprint density at radius 1 is 1.37 bits per heavy atom. The van der Waals surface area contributed by atoms with Gasteiger partial charge in [-0.1, -0.05) is 37.6 Å². The van der Waals surface area contributed by atoms with Crippen molar-refractivity contribution in [2.75, 3.05) is 7.11 Å². The zero-order chi connectivity index (χ0) is 14.0. The lowest BCUT2D eigenvalue weighted by Gasteiger charge is -2.08. The molecule has 1 heterocycles. The lowest BCUT2D eigenvalue weighted by atomic mass is 10.1. The maximum atomic E-state index is 11.2. The summed E-state index contributed by atoms with van der Waals surface area (Å²) in [4.78, 5) is 11.2. The minimum Gasteiger partial charge on any atom is -0.494 e. The van der Waals surface area contributed by atoms with E-state index in [4.69, 9.17) is 16.3 Å². The monoisotopic (exact) mass is 278 g/mol. The molecule has 0 atom stereocenters. The molecular formula is C14H15ClN2O2. The molecule has 0 radical (unpaired) electrons. The highest BCUT2D eigenvalue weighted by Gasteiger charge is 2.20. The normalized spacial score (nSPS) is 10.8. The zero-order valence-corrected chi connectivity index (χ0v) is 11.8. The lowest BCUT2D eigenvalue weighted by molar-refractivity contribution is 0.112. The molecule has 5 heteroatoms. The van der Waals surface area contributed by atoms with Gasteiger partial charge >= 0.3 is 0 Å². The van der Waals surface area contributed by atoms with E-state index in [0.717, 1.165) is 6.29 Å². The second kappa shape index (κ2) is 5.45. The number of halogens is 1. The number of hydrogen-bond acceptors (Lipinski definition) is 3. The summed E-state index contributed by atoms with van der Waals surface area (Å²) in [5, 5.41) is 4.74. The molecule has 0 bridgehead atoms. The second-order valence-corrected chi connectivity index (χ2v) is 4.80. The zero-order valence-electron chi connectivity index (χ0n) is 11.1. The molecule has 0 unspecified atom stereocenters. The van der Waals surface area contributed by atoms with Gasteiger partial charge < -0.3 is 4.74 Å². The quantitative estimate of drug-likeness (QED) is 0.805. The molecule has 0 amide bonds. The van der Waals surface area contributed by atoms with E-state index in [1.165, 1.54) is 0 Å². The summed E-state index contributed by atoms with van der Waals surface area (Å²) in [7, 11) is 1.58. The van der Waals surface area contributed by atoms with Gasteiger partial charge in [0.2, 0.25) is 0 Å². The van der Waals surface area contributed by atoms with E-state index < -0.39 is 0 Å². The summed E-state index contributed by atoms with van der Waals surface area (Å²) < 4.78 is 6.83. The van der Waals surface area contributed by atoms with Crippen LogP contribution in [0, 0.1) is 0 Å². The van der Waals surface area contributed by atoms with Crippen molar-refractivity contribution in [2.24, 2.45) is 0 Å². The highest BCUT2D eigenvalue weighted by molar-refractivity contribution is 6.32. The standard InChI is InChI=1S/C14H15ClN2O2/c1-9(2)13-10(8-18)14(15)17(16-13)11-6-4-5-7-12(11)19-3/h4-9H,1-3H3. The number of nitrogens with zero attached hydrogens (tertiary/aromatic N) is 2. The van der Waals surface area contributed by atoms with Gasteiger partial charge in [0.1, 0.15) is 16.6 Å². The number of rotatable bonds is 4. The summed E-state index contributed by atoms with van der Waals surface area (Å²) in [6.07, 6.45) is 0.747. The molecule has 2 aromatic rings. The van der Waals surface area contributed by atoms with Gasteiger partial charge in [-0.3, -0.25) is 4.79 Å². The molecule has 0 saturated carbocycles. The Hall–Kier alpha value is -1.81. The highest BCUT2D eigenvalue weighted by atomic mass is 35.5. The van der Waals surface area contributed by atoms with E-state index in [0.29, 0.717) is 27.8 Å². The molecule has 0 aliphatic carbocycles. The molecule has 4 nitrogen and oxygen atoms in total. The maximum Gasteiger partial charge on any atom is 0.155 e. The maximum absolute atomic E-state index is 11.2. The lowest BCUT2D eigenvalue weighted by Crippen LogP contribution is -2.01. The predicted molar refractivity (Wildman–Crippen MR) is 74.6 cm³/mol. The van der Waals surface area contributed by atoms with Crippen LogP contribution in [-0.2, 0) is 0 Å². The Kier molecular flexibility index (Phi) is 3.90. The number of carbonyl (C=O) groups is 1. The van der Waals surface area contributed by atoms with Crippen molar-refractivity contribution in [2.45, 2.75) is 19.8 Å². The van der Waals surface area contributed by atoms with Crippen LogP contribution in [0.3, 0.4) is 0 Å². The van der Waals surface area contributed by atoms with Gasteiger partial charge in [0.05, 0.1) is 18.4 Å². The number of methoxy groups -OCH3 is 1. The van der Waals surface area contributed by atoms with Gasteiger partial charge in [0.25, 0.3) is 0 Å². The number of ether oxygens (including phenoxy) is 1. The van der Waals surface area contributed by atoms with Crippen molar-refractivity contribution in [1.29, 1.82) is 0 Å². The van der Waals surface area contributed by atoms with Crippen molar-refractivity contribution in [3.63, 3.8) is 0 Å². The number of aromatic nitrogens is 2. The minimum atomic E-state index is 0.119. The van der Waals surface area contributed by atoms with Crippen LogP contribution >= 0.6 is 11.6 Å². The first-order valence-corrected chi connectivity index (χ1v) is 6.35. The Morgan fingerprint density at radius 2 is 2.05 bits per heavy atom. The number of para-hydroxylation sites is 2. The molecule has 2 rings (SSSR count). The van der Waals surface area contributed by atoms with Gasteiger partial charge in [0, 0.05) is 0 Å². The first kappa shape index (κ1) is 13.6. The van der Waals surface area contributed by atoms with E-state index in [9.17, 15) is 4.79 Å². The van der Waals surface area contributed by atoms with Crippen LogP contribution in [0.25, 0.3) is 5.69 Å². The third-order valence-corrected chi connectivity index (χ3v) is 3.23. The molecule has 0 aliphatic heterocycles. The number of benzene rings is 1. The van der Waals surface area contributed by atoms with E-state index in [2.05, 4.69) is 5.10 Å². The highest BCUT2D eigenvalue weighted by Crippen LogP contribution is 2.30.